The molecule has 4 heterocycles. The Hall–Kier alpha value is -4.71. The number of hydrogen-bond acceptors (Lipinski definition) is 15. The molecule has 15 nitrogen and oxygen atoms in total. The van der Waals surface area contributed by atoms with Gasteiger partial charge in [0.1, 0.15) is 18.6 Å². The van der Waals surface area contributed by atoms with Crippen molar-refractivity contribution in [3.63, 3.8) is 0 Å². The molecule has 0 spiro atoms. The Labute approximate surface area is 439 Å². The van der Waals surface area contributed by atoms with Gasteiger partial charge in [0.2, 0.25) is 5.79 Å². The summed E-state index contributed by atoms with van der Waals surface area (Å²) in [6, 6.07) is 17.4. The van der Waals surface area contributed by atoms with Gasteiger partial charge in [0.05, 0.1) is 76.6 Å². The summed E-state index contributed by atoms with van der Waals surface area (Å²) >= 11 is 0. The van der Waals surface area contributed by atoms with Crippen LogP contribution in [0.1, 0.15) is 115 Å². The van der Waals surface area contributed by atoms with Crippen LogP contribution in [0.4, 0.5) is 0 Å². The highest BCUT2D eigenvalue weighted by molar-refractivity contribution is 5.83. The Morgan fingerprint density at radius 1 is 0.811 bits per heavy atom. The van der Waals surface area contributed by atoms with Crippen molar-refractivity contribution in [1.29, 1.82) is 0 Å². The van der Waals surface area contributed by atoms with Crippen molar-refractivity contribution in [2.75, 3.05) is 48.8 Å². The topological polar surface area (TPSA) is 156 Å². The molecule has 0 N–H and O–H groups in total. The van der Waals surface area contributed by atoms with Crippen molar-refractivity contribution in [2.45, 2.75) is 178 Å². The van der Waals surface area contributed by atoms with Gasteiger partial charge in [-0.3, -0.25) is 9.59 Å². The van der Waals surface area contributed by atoms with Gasteiger partial charge in [-0.2, -0.15) is 0 Å². The van der Waals surface area contributed by atoms with E-state index in [9.17, 15) is 14.4 Å². The normalized spacial score (nSPS) is 29.2. The van der Waals surface area contributed by atoms with E-state index in [-0.39, 0.29) is 63.5 Å². The van der Waals surface area contributed by atoms with Crippen LogP contribution in [-0.4, -0.2) is 132 Å². The van der Waals surface area contributed by atoms with Crippen molar-refractivity contribution < 1.29 is 66.5 Å². The largest absolute Gasteiger partial charge is 0.497 e. The van der Waals surface area contributed by atoms with E-state index in [0.717, 1.165) is 47.4 Å². The van der Waals surface area contributed by atoms with Crippen LogP contribution in [0.2, 0.25) is 0 Å². The molecule has 0 saturated carbocycles. The number of hydrogen-bond donors (Lipinski definition) is 0. The molecule has 0 aromatic heterocycles. The van der Waals surface area contributed by atoms with E-state index in [4.69, 9.17) is 52.1 Å². The average Bonchev–Trinajstić information content (AvgIpc) is 3.36. The third-order valence-corrected chi connectivity index (χ3v) is 14.4. The zero-order valence-electron chi connectivity index (χ0n) is 45.2. The average molecular weight is 1030 g/mol. The molecule has 4 aliphatic rings. The Bertz CT molecular complexity index is 2190. The highest BCUT2D eigenvalue weighted by Crippen LogP contribution is 2.49. The van der Waals surface area contributed by atoms with Gasteiger partial charge in [-0.25, -0.2) is 4.79 Å². The van der Waals surface area contributed by atoms with Gasteiger partial charge >= 0.3 is 17.9 Å². The van der Waals surface area contributed by atoms with Gasteiger partial charge in [0.25, 0.3) is 0 Å². The number of fused-ring (bicyclic) bond motifs is 6. The summed E-state index contributed by atoms with van der Waals surface area (Å²) in [5.74, 6) is -2.63. The Morgan fingerprint density at radius 2 is 1.50 bits per heavy atom. The summed E-state index contributed by atoms with van der Waals surface area (Å²) in [6.07, 6.45) is 6.30. The molecule has 0 aliphatic carbocycles. The van der Waals surface area contributed by atoms with Crippen LogP contribution in [0, 0.1) is 5.41 Å². The van der Waals surface area contributed by atoms with E-state index in [1.807, 2.05) is 102 Å². The second kappa shape index (κ2) is 28.4. The highest BCUT2D eigenvalue weighted by atomic mass is 16.7. The number of rotatable bonds is 19. The molecule has 3 saturated heterocycles. The van der Waals surface area contributed by atoms with Crippen molar-refractivity contribution in [1.82, 2.24) is 4.90 Å². The van der Waals surface area contributed by atoms with E-state index in [0.29, 0.717) is 57.1 Å². The van der Waals surface area contributed by atoms with E-state index in [1.54, 1.807) is 7.11 Å². The molecular formula is C59H83NO14. The molecular weight excluding hydrogens is 947 g/mol. The van der Waals surface area contributed by atoms with Crippen LogP contribution in [-0.2, 0) is 75.0 Å². The summed E-state index contributed by atoms with van der Waals surface area (Å²) in [4.78, 5) is 44.0. The minimum atomic E-state index is -1.73. The van der Waals surface area contributed by atoms with Crippen LogP contribution in [0.3, 0.4) is 0 Å². The lowest BCUT2D eigenvalue weighted by atomic mass is 9.73. The van der Waals surface area contributed by atoms with E-state index in [1.165, 1.54) is 20.3 Å². The fourth-order valence-electron chi connectivity index (χ4n) is 10.4. The number of unbranched alkanes of at least 4 members (excludes halogenated alkanes) is 2. The zero-order valence-corrected chi connectivity index (χ0v) is 45.2. The van der Waals surface area contributed by atoms with E-state index in [2.05, 4.69) is 18.1 Å². The molecule has 3 fully saturated rings. The molecule has 2 aromatic carbocycles. The Kier molecular flexibility index (Phi) is 22.5. The van der Waals surface area contributed by atoms with Gasteiger partial charge in [0.15, 0.2) is 6.10 Å². The van der Waals surface area contributed by atoms with Crippen molar-refractivity contribution >= 4 is 17.9 Å². The Balaban J connectivity index is 1.38. The number of benzene rings is 2. The van der Waals surface area contributed by atoms with Crippen LogP contribution in [0.5, 0.6) is 5.75 Å². The van der Waals surface area contributed by atoms with Crippen LogP contribution in [0.15, 0.2) is 103 Å². The third-order valence-electron chi connectivity index (χ3n) is 14.4. The van der Waals surface area contributed by atoms with Crippen LogP contribution < -0.4 is 4.74 Å². The maximum atomic E-state index is 14.6. The Morgan fingerprint density at radius 3 is 2.19 bits per heavy atom. The highest BCUT2D eigenvalue weighted by Gasteiger charge is 2.59. The molecule has 74 heavy (non-hydrogen) atoms. The number of methoxy groups -OCH3 is 3. The molecule has 2 aromatic rings. The summed E-state index contributed by atoms with van der Waals surface area (Å²) < 4.78 is 69.8. The molecule has 6 rings (SSSR count). The molecule has 4 aliphatic heterocycles. The minimum Gasteiger partial charge on any atom is -0.497 e. The minimum absolute atomic E-state index is 0.0827. The van der Waals surface area contributed by atoms with Gasteiger partial charge in [-0.1, -0.05) is 99.2 Å². The first-order valence-corrected chi connectivity index (χ1v) is 26.3. The van der Waals surface area contributed by atoms with Crippen molar-refractivity contribution in [2.24, 2.45) is 5.41 Å². The first-order chi connectivity index (χ1) is 35.5. The smallest absolute Gasteiger partial charge is 0.330 e. The third kappa shape index (κ3) is 17.4. The number of carbonyl (C=O) groups is 3. The van der Waals surface area contributed by atoms with E-state index < -0.39 is 59.6 Å². The number of carbonyl (C=O) groups excluding carboxylic acids is 3. The van der Waals surface area contributed by atoms with Crippen LogP contribution in [0.25, 0.3) is 0 Å². The van der Waals surface area contributed by atoms with Crippen LogP contribution >= 0.6 is 0 Å². The molecule has 0 amide bonds. The van der Waals surface area contributed by atoms with Crippen molar-refractivity contribution in [3.8, 4) is 5.75 Å². The fraction of sp³-hybridized carbons (Fsp3) is 0.610. The van der Waals surface area contributed by atoms with Gasteiger partial charge in [-0.05, 0) is 101 Å². The lowest BCUT2D eigenvalue weighted by Crippen LogP contribution is -2.63. The summed E-state index contributed by atoms with van der Waals surface area (Å²) in [6.45, 7) is 15.9. The monoisotopic (exact) mass is 1030 g/mol. The summed E-state index contributed by atoms with van der Waals surface area (Å²) in [5.41, 5.74) is 3.35. The van der Waals surface area contributed by atoms with Gasteiger partial charge < -0.3 is 57.0 Å². The van der Waals surface area contributed by atoms with Crippen molar-refractivity contribution in [3.05, 3.63) is 114 Å². The molecule has 6 bridgehead atoms. The summed E-state index contributed by atoms with van der Waals surface area (Å²) in [7, 11) is 8.46. The SMILES string of the molecule is C=C1CC2C[C@@H](OCc3ccc(OC)cc3)CC(=O)O[C@@H]([C@@H](C)OCOCc3ccccc3)C[C@@H]3C/C(=C\C(=O)OC)[C@H](OC(=O)CCCCCN(C)C)[C@@](OC)(O3)C(C)(C)/C=C/[C@H]3CC(=C)C[C@@H](C[C@@H](C1)O2)O3. The molecule has 15 heteroatoms. The maximum Gasteiger partial charge on any atom is 0.330 e. The fourth-order valence-corrected chi connectivity index (χ4v) is 10.4. The second-order valence-electron chi connectivity index (χ2n) is 21.2. The summed E-state index contributed by atoms with van der Waals surface area (Å²) in [5, 5.41) is 0. The standard InChI is InChI=1S/C59H83NO14/c1-40-27-47-24-25-58(4,5)59(66-10)57(73-54(61)19-15-12-16-26-60(6)7)45(32-55(62)65-9)31-52(74-59)35-53(42(3)69-39-67-37-43-17-13-11-14-18-43)72-56(63)36-48(68-38-44-20-22-46(64-8)23-21-44)33-49-29-41(2)30-51(71-49)34-50(28-40)70-47/h11,13-14,17-18,20-25,32,42,47-53,57H,1-2,12,15-16,19,26-31,33-39H2,3-10H3/b25-24+,45-32+/t42-,47+,48-,49?,50+,51-,52+,53-,57+,59-/m1/s1. The first kappa shape index (κ1) is 58.5. The number of nitrogens with zero attached hydrogens (tertiary/aromatic N) is 1. The molecule has 1 unspecified atom stereocenters. The number of cyclic esters (lactones) is 1. The number of ether oxygens (including phenoxy) is 11. The first-order valence-electron chi connectivity index (χ1n) is 26.3. The maximum absolute atomic E-state index is 14.6. The quantitative estimate of drug-likeness (QED) is 0.0327. The van der Waals surface area contributed by atoms with Gasteiger partial charge in [-0.15, -0.1) is 0 Å². The lowest BCUT2D eigenvalue weighted by molar-refractivity contribution is -0.338. The second-order valence-corrected chi connectivity index (χ2v) is 21.2. The van der Waals surface area contributed by atoms with Gasteiger partial charge in [0, 0.05) is 44.3 Å². The number of esters is 3. The zero-order chi connectivity index (χ0) is 53.3. The van der Waals surface area contributed by atoms with E-state index >= 15 is 0 Å². The lowest BCUT2D eigenvalue weighted by Gasteiger charge is -2.53. The predicted octanol–water partition coefficient (Wildman–Crippen LogP) is 9.70. The predicted molar refractivity (Wildman–Crippen MR) is 280 cm³/mol. The molecule has 408 valence electrons. The molecule has 0 radical (unpaired) electrons. The molecule has 10 atom stereocenters.